The largest absolute Gasteiger partial charge is 0.431 e. The van der Waals surface area contributed by atoms with Crippen molar-refractivity contribution in [3.8, 4) is 0 Å². The van der Waals surface area contributed by atoms with Crippen LogP contribution in [0.3, 0.4) is 0 Å². The molecule has 0 aliphatic carbocycles. The van der Waals surface area contributed by atoms with Gasteiger partial charge in [0.1, 0.15) is 5.69 Å². The molecule has 0 aromatic carbocycles. The van der Waals surface area contributed by atoms with Crippen LogP contribution in [0.4, 0.5) is 13.2 Å². The Bertz CT molecular complexity index is 579. The van der Waals surface area contributed by atoms with Gasteiger partial charge in [0.25, 0.3) is 5.56 Å². The third kappa shape index (κ3) is 3.69. The first kappa shape index (κ1) is 15.5. The predicted octanol–water partition coefficient (Wildman–Crippen LogP) is 0.272. The van der Waals surface area contributed by atoms with Crippen molar-refractivity contribution in [3.63, 3.8) is 0 Å². The van der Waals surface area contributed by atoms with Crippen molar-refractivity contribution in [1.82, 2.24) is 9.13 Å². The molecule has 0 saturated heterocycles. The van der Waals surface area contributed by atoms with Crippen molar-refractivity contribution in [1.29, 1.82) is 0 Å². The summed E-state index contributed by atoms with van der Waals surface area (Å²) in [5, 5.41) is 0. The van der Waals surface area contributed by atoms with E-state index in [1.54, 1.807) is 0 Å². The Kier molecular flexibility index (Phi) is 3.94. The highest BCUT2D eigenvalue weighted by Crippen LogP contribution is 2.26. The van der Waals surface area contributed by atoms with Crippen LogP contribution in [0.15, 0.2) is 15.7 Å². The second-order valence-corrected chi connectivity index (χ2v) is 5.37. The smallest absolute Gasteiger partial charge is 0.329 e. The van der Waals surface area contributed by atoms with Gasteiger partial charge in [0, 0.05) is 13.1 Å². The molecule has 1 rings (SSSR count). The average Bonchev–Trinajstić information content (AvgIpc) is 2.20. The van der Waals surface area contributed by atoms with E-state index in [0.717, 1.165) is 11.6 Å². The number of quaternary nitrogens is 1. The summed E-state index contributed by atoms with van der Waals surface area (Å²) in [5.74, 6) is 0. The predicted molar refractivity (Wildman–Crippen MR) is 63.8 cm³/mol. The van der Waals surface area contributed by atoms with E-state index < -0.39 is 23.1 Å². The lowest BCUT2D eigenvalue weighted by Crippen LogP contribution is -2.46. The van der Waals surface area contributed by atoms with E-state index in [9.17, 15) is 22.8 Å². The zero-order chi connectivity index (χ0) is 15.0. The molecule has 8 heteroatoms. The van der Waals surface area contributed by atoms with E-state index in [0.29, 0.717) is 21.7 Å². The van der Waals surface area contributed by atoms with Crippen LogP contribution in [0.1, 0.15) is 5.69 Å². The number of rotatable bonds is 3. The van der Waals surface area contributed by atoms with Gasteiger partial charge in [-0.25, -0.2) is 4.79 Å². The molecule has 1 heterocycles. The summed E-state index contributed by atoms with van der Waals surface area (Å²) in [5.41, 5.74) is -3.11. The first-order chi connectivity index (χ1) is 8.43. The summed E-state index contributed by atoms with van der Waals surface area (Å²) in [6.07, 6.45) is -4.72. The highest BCUT2D eigenvalue weighted by Gasteiger charge is 2.34. The zero-order valence-corrected chi connectivity index (χ0v) is 11.3. The maximum Gasteiger partial charge on any atom is 0.431 e. The van der Waals surface area contributed by atoms with Crippen LogP contribution >= 0.6 is 0 Å². The van der Waals surface area contributed by atoms with Gasteiger partial charge in [-0.3, -0.25) is 13.9 Å². The lowest BCUT2D eigenvalue weighted by atomic mass is 10.3. The molecule has 0 saturated carbocycles. The van der Waals surface area contributed by atoms with Gasteiger partial charge < -0.3 is 4.48 Å². The number of hydrogen-bond acceptors (Lipinski definition) is 2. The minimum absolute atomic E-state index is 0.0765. The third-order valence-corrected chi connectivity index (χ3v) is 2.69. The summed E-state index contributed by atoms with van der Waals surface area (Å²) in [7, 11) is 6.59. The molecule has 0 aliphatic rings. The van der Waals surface area contributed by atoms with Gasteiger partial charge in [-0.05, 0) is 0 Å². The van der Waals surface area contributed by atoms with Gasteiger partial charge in [-0.1, -0.05) is 0 Å². The van der Waals surface area contributed by atoms with Crippen molar-refractivity contribution >= 4 is 0 Å². The highest BCUT2D eigenvalue weighted by molar-refractivity contribution is 5.06. The van der Waals surface area contributed by atoms with Crippen LogP contribution in [-0.2, 0) is 19.8 Å². The van der Waals surface area contributed by atoms with E-state index in [1.807, 2.05) is 21.1 Å². The number of aromatic nitrogens is 2. The molecule has 0 aliphatic heterocycles. The summed E-state index contributed by atoms with van der Waals surface area (Å²) in [6, 6.07) is 0.455. The summed E-state index contributed by atoms with van der Waals surface area (Å²) in [4.78, 5) is 23.4. The summed E-state index contributed by atoms with van der Waals surface area (Å²) in [6.45, 7) is 0.535. The maximum absolute atomic E-state index is 12.6. The van der Waals surface area contributed by atoms with E-state index in [-0.39, 0.29) is 6.54 Å². The number of halogens is 3. The fraction of sp³-hybridized carbons (Fsp3) is 0.636. The molecular weight excluding hydrogens is 263 g/mol. The summed E-state index contributed by atoms with van der Waals surface area (Å²) >= 11 is 0. The molecule has 108 valence electrons. The van der Waals surface area contributed by atoms with E-state index in [1.165, 1.54) is 0 Å². The molecule has 19 heavy (non-hydrogen) atoms. The molecule has 0 unspecified atom stereocenters. The molecule has 0 radical (unpaired) electrons. The maximum atomic E-state index is 12.6. The Hall–Kier alpha value is -1.57. The Labute approximate surface area is 108 Å². The van der Waals surface area contributed by atoms with Crippen molar-refractivity contribution < 1.29 is 17.7 Å². The Morgan fingerprint density at radius 2 is 1.74 bits per heavy atom. The number of hydrogen-bond donors (Lipinski definition) is 0. The first-order valence-electron chi connectivity index (χ1n) is 5.62. The number of likely N-dealkylation sites (N-methyl/N-ethyl adjacent to an activating group) is 1. The van der Waals surface area contributed by atoms with Gasteiger partial charge in [0.15, 0.2) is 0 Å². The van der Waals surface area contributed by atoms with Crippen LogP contribution in [0.25, 0.3) is 0 Å². The van der Waals surface area contributed by atoms with Crippen molar-refractivity contribution in [2.45, 2.75) is 12.7 Å². The zero-order valence-electron chi connectivity index (χ0n) is 11.3. The van der Waals surface area contributed by atoms with Crippen molar-refractivity contribution in [2.75, 3.05) is 27.7 Å². The van der Waals surface area contributed by atoms with Crippen molar-refractivity contribution in [3.05, 3.63) is 32.6 Å². The fourth-order valence-electron chi connectivity index (χ4n) is 1.55. The molecule has 0 bridgehead atoms. The van der Waals surface area contributed by atoms with Crippen LogP contribution in [0, 0.1) is 0 Å². The quantitative estimate of drug-likeness (QED) is 0.746. The minimum atomic E-state index is -4.72. The second-order valence-electron chi connectivity index (χ2n) is 5.37. The number of alkyl halides is 3. The molecule has 0 atom stereocenters. The molecule has 1 aromatic heterocycles. The van der Waals surface area contributed by atoms with Gasteiger partial charge >= 0.3 is 11.9 Å². The molecule has 0 amide bonds. The molecule has 5 nitrogen and oxygen atoms in total. The van der Waals surface area contributed by atoms with E-state index in [2.05, 4.69) is 0 Å². The molecule has 1 aromatic rings. The Morgan fingerprint density at radius 1 is 1.21 bits per heavy atom. The lowest BCUT2D eigenvalue weighted by Gasteiger charge is -2.24. The third-order valence-electron chi connectivity index (χ3n) is 2.69. The number of nitrogens with zero attached hydrogens (tertiary/aromatic N) is 3. The Morgan fingerprint density at radius 3 is 2.16 bits per heavy atom. The van der Waals surface area contributed by atoms with E-state index >= 15 is 0 Å². The van der Waals surface area contributed by atoms with Gasteiger partial charge in [0.2, 0.25) is 0 Å². The van der Waals surface area contributed by atoms with Crippen LogP contribution in [0.5, 0.6) is 0 Å². The van der Waals surface area contributed by atoms with Crippen LogP contribution in [-0.4, -0.2) is 41.3 Å². The highest BCUT2D eigenvalue weighted by atomic mass is 19.4. The molecule has 0 spiro atoms. The standard InChI is InChI=1S/C11H17F3N3O2/c1-15-8(11(12,13)14)7-9(18)16(10(15)19)5-6-17(2,3)4/h7H,5-6H2,1-4H3/q+1. The van der Waals surface area contributed by atoms with Gasteiger partial charge in [-0.15, -0.1) is 0 Å². The van der Waals surface area contributed by atoms with Crippen LogP contribution in [0.2, 0.25) is 0 Å². The van der Waals surface area contributed by atoms with Gasteiger partial charge in [-0.2, -0.15) is 13.2 Å². The fourth-order valence-corrected chi connectivity index (χ4v) is 1.55. The lowest BCUT2D eigenvalue weighted by molar-refractivity contribution is -0.871. The average molecular weight is 280 g/mol. The van der Waals surface area contributed by atoms with Crippen LogP contribution < -0.4 is 11.2 Å². The Balaban J connectivity index is 3.29. The first-order valence-corrected chi connectivity index (χ1v) is 5.62. The topological polar surface area (TPSA) is 44.0 Å². The monoisotopic (exact) mass is 280 g/mol. The molecule has 0 N–H and O–H groups in total. The minimum Gasteiger partial charge on any atom is -0.329 e. The second kappa shape index (κ2) is 4.84. The van der Waals surface area contributed by atoms with Gasteiger partial charge in [0.05, 0.1) is 34.2 Å². The summed E-state index contributed by atoms with van der Waals surface area (Å²) < 4.78 is 39.6. The van der Waals surface area contributed by atoms with Crippen molar-refractivity contribution in [2.24, 2.45) is 7.05 Å². The molecule has 0 fully saturated rings. The SMILES string of the molecule is Cn1c(C(F)(F)F)cc(=O)n(CC[N+](C)(C)C)c1=O. The normalized spacial score (nSPS) is 12.8. The van der Waals surface area contributed by atoms with E-state index in [4.69, 9.17) is 0 Å². The molecular formula is C11H17F3N3O2+.